The third-order valence-corrected chi connectivity index (χ3v) is 6.39. The number of hydrogen-bond acceptors (Lipinski definition) is 4. The van der Waals surface area contributed by atoms with Gasteiger partial charge in [0.05, 0.1) is 12.2 Å². The molecule has 2 aliphatic rings. The topological polar surface area (TPSA) is 58.6 Å². The molecule has 0 spiro atoms. The molecule has 0 saturated carbocycles. The quantitative estimate of drug-likeness (QED) is 0.682. The first-order chi connectivity index (χ1) is 14.6. The van der Waals surface area contributed by atoms with E-state index in [9.17, 15) is 9.59 Å². The van der Waals surface area contributed by atoms with Crippen molar-refractivity contribution < 1.29 is 14.3 Å². The van der Waals surface area contributed by atoms with Crippen molar-refractivity contribution in [3.05, 3.63) is 64.7 Å². The Labute approximate surface area is 182 Å². The number of benzene rings is 2. The molecule has 0 bridgehead atoms. The van der Waals surface area contributed by atoms with Crippen LogP contribution in [0, 0.1) is 5.92 Å². The fraction of sp³-hybridized carbons (Fsp3) is 0.417. The van der Waals surface area contributed by atoms with Gasteiger partial charge in [0.2, 0.25) is 0 Å². The highest BCUT2D eigenvalue weighted by Crippen LogP contribution is 2.31. The number of hydrogen-bond donors (Lipinski definition) is 1. The van der Waals surface area contributed by atoms with Crippen molar-refractivity contribution in [2.75, 3.05) is 25.0 Å². The Morgan fingerprint density at radius 1 is 0.933 bits per heavy atom. The number of rotatable bonds is 5. The first kappa shape index (κ1) is 20.9. The molecule has 2 heterocycles. The van der Waals surface area contributed by atoms with Crippen LogP contribution in [0.2, 0.25) is 5.02 Å². The van der Waals surface area contributed by atoms with Crippen molar-refractivity contribution >= 4 is 29.2 Å². The van der Waals surface area contributed by atoms with Crippen molar-refractivity contribution in [1.29, 1.82) is 0 Å². The van der Waals surface area contributed by atoms with Gasteiger partial charge in [-0.15, -0.1) is 0 Å². The van der Waals surface area contributed by atoms with Crippen LogP contribution in [0.3, 0.4) is 0 Å². The summed E-state index contributed by atoms with van der Waals surface area (Å²) in [5, 5.41) is 3.40. The molecular formula is C24H27ClN2O3. The van der Waals surface area contributed by atoms with E-state index in [0.29, 0.717) is 40.4 Å². The van der Waals surface area contributed by atoms with Crippen molar-refractivity contribution in [2.24, 2.45) is 5.92 Å². The maximum atomic E-state index is 12.5. The molecule has 0 radical (unpaired) electrons. The zero-order valence-electron chi connectivity index (χ0n) is 17.0. The van der Waals surface area contributed by atoms with E-state index in [1.807, 2.05) is 0 Å². The lowest BCUT2D eigenvalue weighted by Gasteiger charge is -2.44. The SMILES string of the molecule is O=C(Nc1ccc(C(=O)OCC2CCCN3CCCCC23)cc1)c1ccc(Cl)cc1. The van der Waals surface area contributed by atoms with E-state index in [1.54, 1.807) is 48.5 Å². The van der Waals surface area contributed by atoms with E-state index < -0.39 is 0 Å². The number of carbonyl (C=O) groups excluding carboxylic acids is 2. The van der Waals surface area contributed by atoms with Crippen molar-refractivity contribution in [3.63, 3.8) is 0 Å². The molecule has 0 aliphatic carbocycles. The molecule has 5 nitrogen and oxygen atoms in total. The summed E-state index contributed by atoms with van der Waals surface area (Å²) in [4.78, 5) is 27.4. The van der Waals surface area contributed by atoms with Crippen LogP contribution in [-0.4, -0.2) is 42.5 Å². The van der Waals surface area contributed by atoms with Gasteiger partial charge >= 0.3 is 5.97 Å². The van der Waals surface area contributed by atoms with Crippen LogP contribution >= 0.6 is 11.6 Å². The minimum Gasteiger partial charge on any atom is -0.462 e. The van der Waals surface area contributed by atoms with E-state index in [1.165, 1.54) is 38.8 Å². The average Bonchev–Trinajstić information content (AvgIpc) is 2.78. The van der Waals surface area contributed by atoms with Gasteiger partial charge in [-0.3, -0.25) is 9.69 Å². The lowest BCUT2D eigenvalue weighted by molar-refractivity contribution is 0.00739. The number of esters is 1. The second-order valence-corrected chi connectivity index (χ2v) is 8.57. The van der Waals surface area contributed by atoms with E-state index >= 15 is 0 Å². The molecular weight excluding hydrogens is 400 g/mol. The van der Waals surface area contributed by atoms with Gasteiger partial charge in [0, 0.05) is 28.2 Å². The summed E-state index contributed by atoms with van der Waals surface area (Å²) in [5.74, 6) is -0.101. The van der Waals surface area contributed by atoms with Gasteiger partial charge in [0.25, 0.3) is 5.91 Å². The average molecular weight is 427 g/mol. The third-order valence-electron chi connectivity index (χ3n) is 6.14. The van der Waals surface area contributed by atoms with Crippen LogP contribution in [0.5, 0.6) is 0 Å². The molecule has 1 N–H and O–H groups in total. The zero-order chi connectivity index (χ0) is 20.9. The Morgan fingerprint density at radius 3 is 2.40 bits per heavy atom. The van der Waals surface area contributed by atoms with Gasteiger partial charge in [-0.1, -0.05) is 18.0 Å². The monoisotopic (exact) mass is 426 g/mol. The minimum absolute atomic E-state index is 0.226. The Balaban J connectivity index is 1.30. The molecule has 4 rings (SSSR count). The maximum Gasteiger partial charge on any atom is 0.338 e. The highest BCUT2D eigenvalue weighted by Gasteiger charge is 2.33. The zero-order valence-corrected chi connectivity index (χ0v) is 17.7. The largest absolute Gasteiger partial charge is 0.462 e. The maximum absolute atomic E-state index is 12.5. The van der Waals surface area contributed by atoms with Gasteiger partial charge in [-0.25, -0.2) is 4.79 Å². The Hall–Kier alpha value is -2.37. The summed E-state index contributed by atoms with van der Waals surface area (Å²) in [6, 6.07) is 14.1. The minimum atomic E-state index is -0.307. The summed E-state index contributed by atoms with van der Waals surface area (Å²) >= 11 is 5.85. The van der Waals surface area contributed by atoms with Crippen LogP contribution in [0.1, 0.15) is 52.8 Å². The molecule has 30 heavy (non-hydrogen) atoms. The molecule has 0 aromatic heterocycles. The van der Waals surface area contributed by atoms with Crippen molar-refractivity contribution in [1.82, 2.24) is 4.90 Å². The summed E-state index contributed by atoms with van der Waals surface area (Å²) in [7, 11) is 0. The molecule has 2 unspecified atom stereocenters. The molecule has 158 valence electrons. The van der Waals surface area contributed by atoms with E-state index in [0.717, 1.165) is 6.42 Å². The van der Waals surface area contributed by atoms with Crippen LogP contribution in [0.25, 0.3) is 0 Å². The number of piperidine rings is 2. The summed E-state index contributed by atoms with van der Waals surface area (Å²) in [6.07, 6.45) is 6.08. The fourth-order valence-electron chi connectivity index (χ4n) is 4.53. The molecule has 1 amide bonds. The summed E-state index contributed by atoms with van der Waals surface area (Å²) in [6.45, 7) is 2.84. The lowest BCUT2D eigenvalue weighted by Crippen LogP contribution is -2.49. The summed E-state index contributed by atoms with van der Waals surface area (Å²) < 4.78 is 5.65. The number of carbonyl (C=O) groups is 2. The molecule has 2 aromatic rings. The Kier molecular flexibility index (Phi) is 6.70. The number of amides is 1. The number of nitrogens with zero attached hydrogens (tertiary/aromatic N) is 1. The Morgan fingerprint density at radius 2 is 1.63 bits per heavy atom. The van der Waals surface area contributed by atoms with Crippen molar-refractivity contribution in [2.45, 2.75) is 38.1 Å². The molecule has 2 saturated heterocycles. The van der Waals surface area contributed by atoms with E-state index in [4.69, 9.17) is 16.3 Å². The van der Waals surface area contributed by atoms with E-state index in [2.05, 4.69) is 10.2 Å². The molecule has 2 fully saturated rings. The first-order valence-electron chi connectivity index (χ1n) is 10.7. The van der Waals surface area contributed by atoms with Crippen LogP contribution in [0.4, 0.5) is 5.69 Å². The highest BCUT2D eigenvalue weighted by molar-refractivity contribution is 6.30. The number of ether oxygens (including phenoxy) is 1. The molecule has 2 atom stereocenters. The van der Waals surface area contributed by atoms with Crippen LogP contribution in [0.15, 0.2) is 48.5 Å². The highest BCUT2D eigenvalue weighted by atomic mass is 35.5. The molecule has 2 aromatic carbocycles. The Bertz CT molecular complexity index is 880. The standard InChI is InChI=1S/C24H27ClN2O3/c25-20-10-6-17(7-11-20)23(28)26-21-12-8-18(9-13-21)24(29)30-16-19-4-3-15-27-14-2-1-5-22(19)27/h6-13,19,22H,1-5,14-16H2,(H,26,28). The molecule has 2 aliphatic heterocycles. The third kappa shape index (κ3) is 5.02. The van der Waals surface area contributed by atoms with E-state index in [-0.39, 0.29) is 11.9 Å². The lowest BCUT2D eigenvalue weighted by atomic mass is 9.84. The van der Waals surface area contributed by atoms with Gasteiger partial charge < -0.3 is 10.1 Å². The normalized spacial score (nSPS) is 21.5. The molecule has 6 heteroatoms. The predicted molar refractivity (Wildman–Crippen MR) is 118 cm³/mol. The number of anilines is 1. The van der Waals surface area contributed by atoms with Gasteiger partial charge in [0.1, 0.15) is 0 Å². The van der Waals surface area contributed by atoms with Gasteiger partial charge in [-0.05, 0) is 87.3 Å². The van der Waals surface area contributed by atoms with Gasteiger partial charge in [-0.2, -0.15) is 0 Å². The predicted octanol–water partition coefficient (Wildman–Crippen LogP) is 5.01. The van der Waals surface area contributed by atoms with Crippen molar-refractivity contribution in [3.8, 4) is 0 Å². The number of halogens is 1. The second-order valence-electron chi connectivity index (χ2n) is 8.14. The smallest absolute Gasteiger partial charge is 0.338 e. The van der Waals surface area contributed by atoms with Gasteiger partial charge in [0.15, 0.2) is 0 Å². The second kappa shape index (κ2) is 9.63. The van der Waals surface area contributed by atoms with Crippen LogP contribution in [-0.2, 0) is 4.74 Å². The number of fused-ring (bicyclic) bond motifs is 1. The fourth-order valence-corrected chi connectivity index (χ4v) is 4.66. The number of nitrogens with one attached hydrogen (secondary N) is 1. The van der Waals surface area contributed by atoms with Crippen LogP contribution < -0.4 is 5.32 Å². The first-order valence-corrected chi connectivity index (χ1v) is 11.1. The summed E-state index contributed by atoms with van der Waals surface area (Å²) in [5.41, 5.74) is 1.64.